The Labute approximate surface area is 85.0 Å². The van der Waals surface area contributed by atoms with Crippen molar-refractivity contribution in [3.8, 4) is 0 Å². The molecule has 0 amide bonds. The van der Waals surface area contributed by atoms with E-state index < -0.39 is 0 Å². The minimum absolute atomic E-state index is 0.335. The lowest BCUT2D eigenvalue weighted by Gasteiger charge is -2.04. The van der Waals surface area contributed by atoms with Gasteiger partial charge in [-0.3, -0.25) is 0 Å². The zero-order valence-corrected chi connectivity index (χ0v) is 8.40. The maximum Gasteiger partial charge on any atom is 0.196 e. The van der Waals surface area contributed by atoms with E-state index in [0.717, 1.165) is 9.88 Å². The molecule has 13 heavy (non-hydrogen) atoms. The van der Waals surface area contributed by atoms with Crippen LogP contribution in [0, 0.1) is 0 Å². The van der Waals surface area contributed by atoms with Crippen LogP contribution >= 0.6 is 22.9 Å². The molecule has 0 saturated carbocycles. The Balaban J connectivity index is 2.27. The smallest absolute Gasteiger partial charge is 0.196 e. The van der Waals surface area contributed by atoms with E-state index in [1.807, 2.05) is 0 Å². The summed E-state index contributed by atoms with van der Waals surface area (Å²) in [6, 6.07) is 0. The second-order valence-corrected chi connectivity index (χ2v) is 3.91. The van der Waals surface area contributed by atoms with Crippen molar-refractivity contribution in [2.75, 3.05) is 13.2 Å². The van der Waals surface area contributed by atoms with Crippen LogP contribution < -0.4 is 0 Å². The molecule has 1 saturated heterocycles. The SMILES string of the molecule is C=Cc1nc(Cl)c(C2OCCO2)s1. The number of hydrogen-bond donors (Lipinski definition) is 0. The fourth-order valence-electron chi connectivity index (χ4n) is 1.07. The molecule has 5 heteroatoms. The number of thiazole rings is 1. The van der Waals surface area contributed by atoms with E-state index in [4.69, 9.17) is 21.1 Å². The fraction of sp³-hybridized carbons (Fsp3) is 0.375. The molecule has 1 aromatic rings. The van der Waals surface area contributed by atoms with Crippen LogP contribution in [0.3, 0.4) is 0 Å². The average Bonchev–Trinajstić information content (AvgIpc) is 2.72. The maximum absolute atomic E-state index is 5.90. The summed E-state index contributed by atoms with van der Waals surface area (Å²) in [5, 5.41) is 1.24. The summed E-state index contributed by atoms with van der Waals surface area (Å²) in [5.74, 6) is 0. The van der Waals surface area contributed by atoms with Crippen molar-refractivity contribution in [2.45, 2.75) is 6.29 Å². The lowest BCUT2D eigenvalue weighted by Crippen LogP contribution is -1.94. The molecule has 1 fully saturated rings. The van der Waals surface area contributed by atoms with Gasteiger partial charge < -0.3 is 9.47 Å². The topological polar surface area (TPSA) is 31.4 Å². The van der Waals surface area contributed by atoms with Crippen molar-refractivity contribution in [3.63, 3.8) is 0 Å². The summed E-state index contributed by atoms with van der Waals surface area (Å²) in [7, 11) is 0. The van der Waals surface area contributed by atoms with Crippen LogP contribution in [-0.4, -0.2) is 18.2 Å². The van der Waals surface area contributed by atoms with E-state index >= 15 is 0 Å². The Morgan fingerprint density at radius 3 is 2.77 bits per heavy atom. The molecule has 0 radical (unpaired) electrons. The quantitative estimate of drug-likeness (QED) is 0.763. The van der Waals surface area contributed by atoms with Crippen molar-refractivity contribution in [1.82, 2.24) is 4.98 Å². The molecule has 0 unspecified atom stereocenters. The molecule has 1 aromatic heterocycles. The van der Waals surface area contributed by atoms with Crippen LogP contribution in [0.25, 0.3) is 6.08 Å². The lowest BCUT2D eigenvalue weighted by atomic mass is 10.5. The summed E-state index contributed by atoms with van der Waals surface area (Å²) in [4.78, 5) is 4.91. The monoisotopic (exact) mass is 217 g/mol. The summed E-state index contributed by atoms with van der Waals surface area (Å²) < 4.78 is 10.6. The molecule has 70 valence electrons. The van der Waals surface area contributed by atoms with Gasteiger partial charge in [0.25, 0.3) is 0 Å². The molecule has 2 heterocycles. The average molecular weight is 218 g/mol. The number of ether oxygens (including phenoxy) is 2. The Bertz CT molecular complexity index is 320. The maximum atomic E-state index is 5.90. The van der Waals surface area contributed by atoms with Crippen LogP contribution in [0.2, 0.25) is 5.15 Å². The van der Waals surface area contributed by atoms with Crippen molar-refractivity contribution < 1.29 is 9.47 Å². The molecule has 2 rings (SSSR count). The minimum Gasteiger partial charge on any atom is -0.345 e. The van der Waals surface area contributed by atoms with Gasteiger partial charge in [0.2, 0.25) is 0 Å². The highest BCUT2D eigenvalue weighted by atomic mass is 35.5. The van der Waals surface area contributed by atoms with Gasteiger partial charge in [0.1, 0.15) is 10.2 Å². The number of halogens is 1. The number of nitrogens with zero attached hydrogens (tertiary/aromatic N) is 1. The molecule has 0 atom stereocenters. The number of rotatable bonds is 2. The highest BCUT2D eigenvalue weighted by Crippen LogP contribution is 2.34. The van der Waals surface area contributed by atoms with Crippen LogP contribution in [0.4, 0.5) is 0 Å². The zero-order valence-electron chi connectivity index (χ0n) is 6.83. The van der Waals surface area contributed by atoms with Crippen molar-refractivity contribution in [2.24, 2.45) is 0 Å². The molecule has 3 nitrogen and oxygen atoms in total. The lowest BCUT2D eigenvalue weighted by molar-refractivity contribution is -0.0413. The summed E-state index contributed by atoms with van der Waals surface area (Å²) in [5.41, 5.74) is 0. The van der Waals surface area contributed by atoms with Gasteiger partial charge in [-0.15, -0.1) is 11.3 Å². The first kappa shape index (κ1) is 9.15. The van der Waals surface area contributed by atoms with Gasteiger partial charge in [-0.05, 0) is 6.08 Å². The standard InChI is InChI=1S/C8H8ClNO2S/c1-2-5-10-7(9)6(13-5)8-11-3-4-12-8/h2,8H,1,3-4H2. The molecule has 0 spiro atoms. The molecule has 1 aliphatic rings. The third-order valence-corrected chi connectivity index (χ3v) is 3.11. The van der Waals surface area contributed by atoms with Gasteiger partial charge in [0.05, 0.1) is 18.1 Å². The highest BCUT2D eigenvalue weighted by molar-refractivity contribution is 7.13. The van der Waals surface area contributed by atoms with Gasteiger partial charge in [-0.2, -0.15) is 0 Å². The second kappa shape index (κ2) is 3.75. The Hall–Kier alpha value is -0.420. The predicted molar refractivity (Wildman–Crippen MR) is 51.9 cm³/mol. The second-order valence-electron chi connectivity index (χ2n) is 2.48. The van der Waals surface area contributed by atoms with Crippen molar-refractivity contribution in [1.29, 1.82) is 0 Å². The van der Waals surface area contributed by atoms with E-state index in [9.17, 15) is 0 Å². The Morgan fingerprint density at radius 1 is 1.54 bits per heavy atom. The van der Waals surface area contributed by atoms with E-state index in [-0.39, 0.29) is 6.29 Å². The normalized spacial score (nSPS) is 17.9. The van der Waals surface area contributed by atoms with Gasteiger partial charge >= 0.3 is 0 Å². The molecule has 0 aromatic carbocycles. The first-order valence-corrected chi connectivity index (χ1v) is 5.02. The molecule has 0 bridgehead atoms. The van der Waals surface area contributed by atoms with E-state index in [2.05, 4.69) is 11.6 Å². The summed E-state index contributed by atoms with van der Waals surface area (Å²) in [6.07, 6.45) is 1.33. The highest BCUT2D eigenvalue weighted by Gasteiger charge is 2.24. The first-order valence-electron chi connectivity index (χ1n) is 3.83. The van der Waals surface area contributed by atoms with Gasteiger partial charge in [0, 0.05) is 0 Å². The first-order chi connectivity index (χ1) is 6.31. The van der Waals surface area contributed by atoms with Crippen molar-refractivity contribution >= 4 is 29.0 Å². The Morgan fingerprint density at radius 2 is 2.23 bits per heavy atom. The Kier molecular flexibility index (Phi) is 2.64. The van der Waals surface area contributed by atoms with Gasteiger partial charge in [-0.25, -0.2) is 4.98 Å². The molecule has 0 N–H and O–H groups in total. The minimum atomic E-state index is -0.335. The van der Waals surface area contributed by atoms with E-state index in [1.165, 1.54) is 11.3 Å². The summed E-state index contributed by atoms with van der Waals surface area (Å²) >= 11 is 7.34. The van der Waals surface area contributed by atoms with Gasteiger partial charge in [0.15, 0.2) is 6.29 Å². The van der Waals surface area contributed by atoms with Crippen LogP contribution in [0.5, 0.6) is 0 Å². The molecule has 0 aliphatic carbocycles. The van der Waals surface area contributed by atoms with Gasteiger partial charge in [-0.1, -0.05) is 18.2 Å². The van der Waals surface area contributed by atoms with E-state index in [0.29, 0.717) is 18.4 Å². The number of aromatic nitrogens is 1. The molecular weight excluding hydrogens is 210 g/mol. The third kappa shape index (κ3) is 1.76. The third-order valence-electron chi connectivity index (χ3n) is 1.64. The molecular formula is C8H8ClNO2S. The fourth-order valence-corrected chi connectivity index (χ4v) is 2.23. The van der Waals surface area contributed by atoms with Crippen LogP contribution in [0.1, 0.15) is 16.2 Å². The van der Waals surface area contributed by atoms with E-state index in [1.54, 1.807) is 6.08 Å². The van der Waals surface area contributed by atoms with Crippen LogP contribution in [-0.2, 0) is 9.47 Å². The van der Waals surface area contributed by atoms with Crippen LogP contribution in [0.15, 0.2) is 6.58 Å². The molecule has 1 aliphatic heterocycles. The largest absolute Gasteiger partial charge is 0.345 e. The summed E-state index contributed by atoms with van der Waals surface area (Å²) in [6.45, 7) is 4.85. The number of hydrogen-bond acceptors (Lipinski definition) is 4. The predicted octanol–water partition coefficient (Wildman–Crippen LogP) is 2.48. The zero-order chi connectivity index (χ0) is 9.26. The van der Waals surface area contributed by atoms with Crippen molar-refractivity contribution in [3.05, 3.63) is 21.6 Å².